The predicted molar refractivity (Wildman–Crippen MR) is 206 cm³/mol. The molecule has 0 unspecified atom stereocenters. The second kappa shape index (κ2) is 10.8. The number of hydrogen-bond donors (Lipinski definition) is 0. The normalized spacial score (nSPS) is 27.6. The average Bonchev–Trinajstić information content (AvgIpc) is 3.12. The first-order valence-corrected chi connectivity index (χ1v) is 19.2. The molecule has 5 aliphatic carbocycles. The van der Waals surface area contributed by atoms with E-state index in [1.165, 1.54) is 89.7 Å². The lowest BCUT2D eigenvalue weighted by molar-refractivity contribution is -0.0449. The van der Waals surface area contributed by atoms with Gasteiger partial charge in [-0.2, -0.15) is 0 Å². The van der Waals surface area contributed by atoms with Gasteiger partial charge in [-0.15, -0.1) is 0 Å². The molecule has 2 nitrogen and oxygen atoms in total. The van der Waals surface area contributed by atoms with Crippen molar-refractivity contribution in [3.8, 4) is 22.6 Å². The molecule has 5 aromatic rings. The van der Waals surface area contributed by atoms with Gasteiger partial charge < -0.3 is 9.64 Å². The summed E-state index contributed by atoms with van der Waals surface area (Å²) in [5.41, 5.74) is 12.2. The van der Waals surface area contributed by atoms with Gasteiger partial charge >= 0.3 is 0 Å². The van der Waals surface area contributed by atoms with Crippen molar-refractivity contribution in [2.75, 3.05) is 4.90 Å². The first-order chi connectivity index (χ1) is 24.3. The summed E-state index contributed by atoms with van der Waals surface area (Å²) in [6.45, 7) is 9.77. The Labute approximate surface area is 298 Å². The van der Waals surface area contributed by atoms with Crippen LogP contribution in [0.1, 0.15) is 94.9 Å². The van der Waals surface area contributed by atoms with Gasteiger partial charge in [-0.05, 0) is 132 Å². The zero-order chi connectivity index (χ0) is 33.8. The summed E-state index contributed by atoms with van der Waals surface area (Å²) in [5, 5.41) is 0. The molecule has 4 saturated carbocycles. The molecule has 0 atom stereocenters. The van der Waals surface area contributed by atoms with E-state index in [0.717, 1.165) is 29.0 Å². The van der Waals surface area contributed by atoms with E-state index in [-0.39, 0.29) is 16.2 Å². The summed E-state index contributed by atoms with van der Waals surface area (Å²) in [6.07, 6.45) is 9.12. The highest BCUT2D eigenvalue weighted by atomic mass is 16.5. The maximum absolute atomic E-state index is 7.42. The summed E-state index contributed by atoms with van der Waals surface area (Å²) in [6, 6.07) is 43.3. The third-order valence-corrected chi connectivity index (χ3v) is 13.9. The van der Waals surface area contributed by atoms with Crippen LogP contribution in [-0.2, 0) is 16.2 Å². The smallest absolute Gasteiger partial charge is 0.155 e. The fourth-order valence-electron chi connectivity index (χ4n) is 11.9. The Morgan fingerprint density at radius 3 is 1.84 bits per heavy atom. The number of fused-ring (bicyclic) bond motifs is 3. The van der Waals surface area contributed by atoms with Crippen molar-refractivity contribution >= 4 is 17.1 Å². The molecule has 252 valence electrons. The number of benzene rings is 5. The number of para-hydroxylation sites is 2. The molecule has 4 fully saturated rings. The Kier molecular flexibility index (Phi) is 6.62. The second-order valence-corrected chi connectivity index (χ2v) is 17.6. The molecule has 4 bridgehead atoms. The van der Waals surface area contributed by atoms with Gasteiger partial charge in [-0.25, -0.2) is 0 Å². The van der Waals surface area contributed by atoms with Gasteiger partial charge in [0.15, 0.2) is 5.75 Å². The molecule has 1 spiro atoms. The molecule has 0 amide bonds. The summed E-state index contributed by atoms with van der Waals surface area (Å²) in [4.78, 5) is 2.55. The van der Waals surface area contributed by atoms with E-state index in [1.807, 2.05) is 0 Å². The molecular weight excluding hydrogens is 607 g/mol. The van der Waals surface area contributed by atoms with E-state index in [1.54, 1.807) is 0 Å². The number of ether oxygens (including phenoxy) is 1. The topological polar surface area (TPSA) is 12.5 Å². The summed E-state index contributed by atoms with van der Waals surface area (Å²) in [7, 11) is 0. The zero-order valence-electron chi connectivity index (χ0n) is 30.1. The van der Waals surface area contributed by atoms with Gasteiger partial charge in [0, 0.05) is 22.2 Å². The Morgan fingerprint density at radius 1 is 0.540 bits per heavy atom. The van der Waals surface area contributed by atoms with E-state index < -0.39 is 0 Å². The van der Waals surface area contributed by atoms with Crippen LogP contribution in [0.3, 0.4) is 0 Å². The van der Waals surface area contributed by atoms with Crippen molar-refractivity contribution in [2.24, 2.45) is 23.7 Å². The molecule has 5 aromatic carbocycles. The lowest BCUT2D eigenvalue weighted by atomic mass is 9.41. The largest absolute Gasteiger partial charge is 0.454 e. The number of anilines is 3. The highest BCUT2D eigenvalue weighted by Gasteiger charge is 2.62. The van der Waals surface area contributed by atoms with Crippen molar-refractivity contribution in [3.05, 3.63) is 138 Å². The maximum Gasteiger partial charge on any atom is 0.155 e. The molecule has 11 rings (SSSR count). The molecule has 0 radical (unpaired) electrons. The van der Waals surface area contributed by atoms with Crippen LogP contribution in [0.25, 0.3) is 11.1 Å². The minimum atomic E-state index is -0.0709. The van der Waals surface area contributed by atoms with Crippen LogP contribution < -0.4 is 9.64 Å². The summed E-state index contributed by atoms with van der Waals surface area (Å²) in [5.74, 6) is 5.10. The van der Waals surface area contributed by atoms with Crippen LogP contribution in [0, 0.1) is 23.7 Å². The molecule has 0 N–H and O–H groups in total. The minimum absolute atomic E-state index is 0.0456. The van der Waals surface area contributed by atoms with Gasteiger partial charge in [-0.1, -0.05) is 113 Å². The van der Waals surface area contributed by atoms with Crippen molar-refractivity contribution in [2.45, 2.75) is 88.9 Å². The lowest BCUT2D eigenvalue weighted by Gasteiger charge is -2.63. The van der Waals surface area contributed by atoms with E-state index >= 15 is 0 Å². The van der Waals surface area contributed by atoms with Crippen LogP contribution in [0.5, 0.6) is 11.5 Å². The number of nitrogens with zero attached hydrogens (tertiary/aromatic N) is 1. The number of hydrogen-bond acceptors (Lipinski definition) is 2. The highest BCUT2D eigenvalue weighted by molar-refractivity contribution is 5.87. The van der Waals surface area contributed by atoms with Crippen LogP contribution in [0.4, 0.5) is 17.1 Å². The maximum atomic E-state index is 7.42. The van der Waals surface area contributed by atoms with E-state index in [9.17, 15) is 0 Å². The fourth-order valence-corrected chi connectivity index (χ4v) is 11.9. The second-order valence-electron chi connectivity index (χ2n) is 17.6. The average molecular weight is 656 g/mol. The number of rotatable bonds is 4. The lowest BCUT2D eigenvalue weighted by Crippen LogP contribution is -2.57. The predicted octanol–water partition coefficient (Wildman–Crippen LogP) is 13.0. The fraction of sp³-hybridized carbons (Fsp3) is 0.375. The Bertz CT molecular complexity index is 2080. The first-order valence-electron chi connectivity index (χ1n) is 19.2. The van der Waals surface area contributed by atoms with E-state index in [0.29, 0.717) is 11.8 Å². The Balaban J connectivity index is 1.26. The Hall–Kier alpha value is -4.30. The van der Waals surface area contributed by atoms with E-state index in [4.69, 9.17) is 4.74 Å². The van der Waals surface area contributed by atoms with Gasteiger partial charge in [0.05, 0.1) is 11.4 Å². The monoisotopic (exact) mass is 655 g/mol. The molecule has 1 heterocycles. The first kappa shape index (κ1) is 30.5. The zero-order valence-corrected chi connectivity index (χ0v) is 30.1. The van der Waals surface area contributed by atoms with Crippen LogP contribution >= 0.6 is 0 Å². The van der Waals surface area contributed by atoms with Gasteiger partial charge in [0.2, 0.25) is 0 Å². The van der Waals surface area contributed by atoms with Crippen molar-refractivity contribution in [3.63, 3.8) is 0 Å². The third-order valence-electron chi connectivity index (χ3n) is 13.9. The molecule has 0 saturated heterocycles. The van der Waals surface area contributed by atoms with Crippen molar-refractivity contribution in [1.82, 2.24) is 0 Å². The van der Waals surface area contributed by atoms with Gasteiger partial charge in [0.25, 0.3) is 0 Å². The van der Waals surface area contributed by atoms with Gasteiger partial charge in [-0.3, -0.25) is 0 Å². The van der Waals surface area contributed by atoms with Crippen molar-refractivity contribution in [1.29, 1.82) is 0 Å². The van der Waals surface area contributed by atoms with Crippen LogP contribution in [0.2, 0.25) is 0 Å². The quantitative estimate of drug-likeness (QED) is 0.191. The standard InChI is InChI=1S/C48H49NO/c1-46(2)24-25-47(3,4)44-38(46)19-12-21-40(44)49(36-16-9-6-10-17-36)41-22-13-20-39-45(41)50-42-23-11-18-37(33-14-7-5-8-15-33)43(42)48(39)34-27-31-26-32(29-34)30-35(48)28-31/h5-23,31-32,34-35H,24-30H2,1-4H3. The molecular formula is C48H49NO. The van der Waals surface area contributed by atoms with Crippen molar-refractivity contribution < 1.29 is 4.74 Å². The van der Waals surface area contributed by atoms with E-state index in [2.05, 4.69) is 148 Å². The molecule has 2 heteroatoms. The third kappa shape index (κ3) is 4.26. The highest BCUT2D eigenvalue weighted by Crippen LogP contribution is 2.71. The van der Waals surface area contributed by atoms with Crippen LogP contribution in [0.15, 0.2) is 115 Å². The summed E-state index contributed by atoms with van der Waals surface area (Å²) < 4.78 is 7.42. The minimum Gasteiger partial charge on any atom is -0.454 e. The molecule has 0 aromatic heterocycles. The molecule has 50 heavy (non-hydrogen) atoms. The molecule has 1 aliphatic heterocycles. The van der Waals surface area contributed by atoms with Gasteiger partial charge in [0.1, 0.15) is 5.75 Å². The summed E-state index contributed by atoms with van der Waals surface area (Å²) >= 11 is 0. The van der Waals surface area contributed by atoms with Crippen LogP contribution in [-0.4, -0.2) is 0 Å². The Morgan fingerprint density at radius 2 is 1.14 bits per heavy atom. The molecule has 6 aliphatic rings. The SMILES string of the molecule is CC1(C)CCC(C)(C)c2c(N(c3ccccc3)c3cccc4c3Oc3cccc(-c5ccccc5)c3C43C4CC5CC(C4)CC3C5)cccc21.